The van der Waals surface area contributed by atoms with Gasteiger partial charge in [-0.3, -0.25) is 0 Å². The van der Waals surface area contributed by atoms with Gasteiger partial charge in [0.05, 0.1) is 0 Å². The fourth-order valence-electron chi connectivity index (χ4n) is 3.56. The van der Waals surface area contributed by atoms with Crippen LogP contribution >= 0.6 is 22.7 Å². The van der Waals surface area contributed by atoms with Crippen LogP contribution in [0.1, 0.15) is 75.0 Å². The number of unbranched alkanes of at least 4 members (excludes halogenated alkanes) is 6. The van der Waals surface area contributed by atoms with E-state index in [0.29, 0.717) is 0 Å². The van der Waals surface area contributed by atoms with Crippen LogP contribution < -0.4 is 0 Å². The van der Waals surface area contributed by atoms with Crippen molar-refractivity contribution >= 4 is 22.7 Å². The molecule has 0 saturated heterocycles. The molecule has 150 valence electrons. The number of benzene rings is 1. The molecule has 3 rings (SSSR count). The van der Waals surface area contributed by atoms with Gasteiger partial charge in [0.25, 0.3) is 0 Å². The lowest BCUT2D eigenvalue weighted by Crippen LogP contribution is -1.82. The maximum atomic E-state index is 2.33. The lowest BCUT2D eigenvalue weighted by Gasteiger charge is -2.01. The Hall–Kier alpha value is -1.38. The fraction of sp³-hybridized carbons (Fsp3) is 0.462. The summed E-state index contributed by atoms with van der Waals surface area (Å²) in [4.78, 5) is 5.85. The van der Waals surface area contributed by atoms with Crippen LogP contribution in [0.2, 0.25) is 0 Å². The lowest BCUT2D eigenvalue weighted by molar-refractivity contribution is 0.609. The second-order valence-electron chi connectivity index (χ2n) is 7.73. The van der Waals surface area contributed by atoms with E-state index in [1.807, 2.05) is 22.7 Å². The van der Waals surface area contributed by atoms with Crippen LogP contribution in [0.3, 0.4) is 0 Å². The number of hydrogen-bond donors (Lipinski definition) is 0. The van der Waals surface area contributed by atoms with E-state index < -0.39 is 0 Å². The highest BCUT2D eigenvalue weighted by molar-refractivity contribution is 7.15. The van der Waals surface area contributed by atoms with E-state index in [1.165, 1.54) is 94.8 Å². The molecule has 0 aliphatic rings. The Kier molecular flexibility index (Phi) is 8.82. The normalized spacial score (nSPS) is 11.2. The minimum atomic E-state index is 1.22. The molecule has 3 aromatic rings. The van der Waals surface area contributed by atoms with Crippen molar-refractivity contribution < 1.29 is 0 Å². The molecule has 2 heteroatoms. The first-order valence-corrected chi connectivity index (χ1v) is 12.7. The number of hydrogen-bond acceptors (Lipinski definition) is 2. The molecule has 0 amide bonds. The summed E-state index contributed by atoms with van der Waals surface area (Å²) in [6.45, 7) is 4.54. The molecule has 0 unspecified atom stereocenters. The highest BCUT2D eigenvalue weighted by Gasteiger charge is 2.06. The number of thiophene rings is 2. The molecule has 0 bridgehead atoms. The van der Waals surface area contributed by atoms with Gasteiger partial charge >= 0.3 is 0 Å². The maximum Gasteiger partial charge on any atom is 0.0345 e. The Morgan fingerprint density at radius 2 is 0.964 bits per heavy atom. The van der Waals surface area contributed by atoms with Crippen LogP contribution in [0.4, 0.5) is 0 Å². The van der Waals surface area contributed by atoms with Crippen LogP contribution in [0.15, 0.2) is 48.5 Å². The second kappa shape index (κ2) is 11.6. The molecule has 2 aromatic heterocycles. The predicted molar refractivity (Wildman–Crippen MR) is 129 cm³/mol. The third kappa shape index (κ3) is 6.32. The van der Waals surface area contributed by atoms with Crippen LogP contribution in [0.25, 0.3) is 20.9 Å². The van der Waals surface area contributed by atoms with Crippen LogP contribution in [0, 0.1) is 0 Å². The van der Waals surface area contributed by atoms with E-state index in [4.69, 9.17) is 0 Å². The molecular formula is C26H34S2. The molecule has 0 aliphatic carbocycles. The first kappa shape index (κ1) is 21.3. The minimum Gasteiger partial charge on any atom is -0.140 e. The summed E-state index contributed by atoms with van der Waals surface area (Å²) in [6, 6.07) is 18.4. The first-order valence-electron chi connectivity index (χ1n) is 11.1. The molecule has 0 aliphatic heterocycles. The Morgan fingerprint density at radius 1 is 0.500 bits per heavy atom. The molecule has 0 nitrogen and oxygen atoms in total. The van der Waals surface area contributed by atoms with Crippen LogP contribution in [0.5, 0.6) is 0 Å². The van der Waals surface area contributed by atoms with Crippen molar-refractivity contribution in [3.05, 3.63) is 58.3 Å². The zero-order valence-electron chi connectivity index (χ0n) is 17.5. The Bertz CT molecular complexity index is 807. The monoisotopic (exact) mass is 410 g/mol. The van der Waals surface area contributed by atoms with E-state index in [-0.39, 0.29) is 0 Å². The topological polar surface area (TPSA) is 0 Å². The summed E-state index contributed by atoms with van der Waals surface area (Å²) in [5, 5.41) is 0. The molecule has 28 heavy (non-hydrogen) atoms. The van der Waals surface area contributed by atoms with Crippen molar-refractivity contribution in [3.8, 4) is 20.9 Å². The fourth-order valence-corrected chi connectivity index (χ4v) is 5.67. The Morgan fingerprint density at radius 3 is 1.50 bits per heavy atom. The molecule has 0 radical (unpaired) electrons. The van der Waals surface area contributed by atoms with Gasteiger partial charge in [-0.15, -0.1) is 22.7 Å². The summed E-state index contributed by atoms with van der Waals surface area (Å²) >= 11 is 3.92. The molecule has 0 spiro atoms. The SMILES string of the molecule is CCCCCCCCc1ccc(-c2ccc(-c3ccc(CCCC)s3)cc2)s1. The average molecular weight is 411 g/mol. The summed E-state index contributed by atoms with van der Waals surface area (Å²) < 4.78 is 0. The van der Waals surface area contributed by atoms with Gasteiger partial charge in [0.2, 0.25) is 0 Å². The van der Waals surface area contributed by atoms with Crippen molar-refractivity contribution in [2.75, 3.05) is 0 Å². The second-order valence-corrected chi connectivity index (χ2v) is 10.1. The van der Waals surface area contributed by atoms with Gasteiger partial charge in [-0.05, 0) is 61.1 Å². The van der Waals surface area contributed by atoms with E-state index in [2.05, 4.69) is 62.4 Å². The van der Waals surface area contributed by atoms with Crippen molar-refractivity contribution in [1.29, 1.82) is 0 Å². The predicted octanol–water partition coefficient (Wildman–Crippen LogP) is 9.39. The Balaban J connectivity index is 1.53. The third-order valence-corrected chi connectivity index (χ3v) is 7.72. The highest BCUT2D eigenvalue weighted by atomic mass is 32.1. The molecule has 2 heterocycles. The van der Waals surface area contributed by atoms with E-state index in [1.54, 1.807) is 0 Å². The van der Waals surface area contributed by atoms with Gasteiger partial charge in [-0.25, -0.2) is 0 Å². The van der Waals surface area contributed by atoms with Crippen molar-refractivity contribution in [2.24, 2.45) is 0 Å². The van der Waals surface area contributed by atoms with Crippen molar-refractivity contribution in [3.63, 3.8) is 0 Å². The first-order chi connectivity index (χ1) is 13.8. The van der Waals surface area contributed by atoms with Gasteiger partial charge in [-0.2, -0.15) is 0 Å². The van der Waals surface area contributed by atoms with Crippen molar-refractivity contribution in [1.82, 2.24) is 0 Å². The zero-order valence-corrected chi connectivity index (χ0v) is 19.1. The quantitative estimate of drug-likeness (QED) is 0.261. The average Bonchev–Trinajstić information content (AvgIpc) is 3.39. The smallest absolute Gasteiger partial charge is 0.0345 e. The summed E-state index contributed by atoms with van der Waals surface area (Å²) in [6.07, 6.45) is 13.3. The van der Waals surface area contributed by atoms with Gasteiger partial charge in [0, 0.05) is 19.5 Å². The van der Waals surface area contributed by atoms with Crippen molar-refractivity contribution in [2.45, 2.75) is 78.1 Å². The summed E-state index contributed by atoms with van der Waals surface area (Å²) in [5.74, 6) is 0. The largest absolute Gasteiger partial charge is 0.140 e. The molecule has 0 N–H and O–H groups in total. The third-order valence-electron chi connectivity index (χ3n) is 5.33. The molecule has 0 saturated carbocycles. The van der Waals surface area contributed by atoms with Gasteiger partial charge in [-0.1, -0.05) is 76.6 Å². The molecule has 0 atom stereocenters. The number of aryl methyl sites for hydroxylation is 2. The van der Waals surface area contributed by atoms with Gasteiger partial charge in [0.1, 0.15) is 0 Å². The molecule has 1 aromatic carbocycles. The van der Waals surface area contributed by atoms with Gasteiger partial charge < -0.3 is 0 Å². The minimum absolute atomic E-state index is 1.22. The lowest BCUT2D eigenvalue weighted by atomic mass is 10.1. The molecular weight excluding hydrogens is 376 g/mol. The van der Waals surface area contributed by atoms with E-state index in [0.717, 1.165) is 0 Å². The van der Waals surface area contributed by atoms with Gasteiger partial charge in [0.15, 0.2) is 0 Å². The summed E-state index contributed by atoms with van der Waals surface area (Å²) in [7, 11) is 0. The van der Waals surface area contributed by atoms with Crippen LogP contribution in [-0.4, -0.2) is 0 Å². The standard InChI is InChI=1S/C26H34S2/c1-3-5-7-8-9-10-12-24-18-20-26(28-24)22-15-13-21(14-16-22)25-19-17-23(27-25)11-6-4-2/h13-20H,3-12H2,1-2H3. The number of rotatable bonds is 12. The maximum absolute atomic E-state index is 2.33. The zero-order chi connectivity index (χ0) is 19.6. The Labute approximate surface area is 179 Å². The van der Waals surface area contributed by atoms with E-state index in [9.17, 15) is 0 Å². The summed E-state index contributed by atoms with van der Waals surface area (Å²) in [5.41, 5.74) is 2.70. The highest BCUT2D eigenvalue weighted by Crippen LogP contribution is 2.33. The molecule has 0 fully saturated rings. The van der Waals surface area contributed by atoms with E-state index >= 15 is 0 Å². The van der Waals surface area contributed by atoms with Crippen LogP contribution in [-0.2, 0) is 12.8 Å².